The molecule has 2 rings (SSSR count). The Morgan fingerprint density at radius 1 is 1.30 bits per heavy atom. The lowest BCUT2D eigenvalue weighted by Gasteiger charge is -2.10. The third-order valence-electron chi connectivity index (χ3n) is 2.41. The van der Waals surface area contributed by atoms with Gasteiger partial charge in [0, 0.05) is 0 Å². The number of rotatable bonds is 3. The Kier molecular flexibility index (Phi) is 3.92. The summed E-state index contributed by atoms with van der Waals surface area (Å²) in [4.78, 5) is 3.84. The minimum Gasteiger partial charge on any atom is -0.398 e. The number of nitrogens with one attached hydrogen (secondary N) is 1. The Bertz CT molecular complexity index is 782. The summed E-state index contributed by atoms with van der Waals surface area (Å²) >= 11 is 3.16. The van der Waals surface area contributed by atoms with Crippen LogP contribution in [-0.4, -0.2) is 13.4 Å². The topological polar surface area (TPSA) is 109 Å². The fourth-order valence-electron chi connectivity index (χ4n) is 1.51. The molecular weight excluding hydrogens is 344 g/mol. The van der Waals surface area contributed by atoms with Crippen LogP contribution in [0.2, 0.25) is 0 Å². The molecule has 0 spiro atoms. The van der Waals surface area contributed by atoms with Gasteiger partial charge in [-0.3, -0.25) is 4.72 Å². The van der Waals surface area contributed by atoms with Gasteiger partial charge < -0.3 is 5.73 Å². The molecular formula is C12H9BrN4O2S. The molecule has 102 valence electrons. The highest BCUT2D eigenvalue weighted by atomic mass is 79.9. The molecule has 0 atom stereocenters. The molecule has 0 aliphatic carbocycles. The summed E-state index contributed by atoms with van der Waals surface area (Å²) in [6.07, 6.45) is 1.38. The SMILES string of the molecule is N#Cc1ccc(S(=O)(=O)Nc2ccc(Br)nc2)c(N)c1. The zero-order chi connectivity index (χ0) is 14.8. The highest BCUT2D eigenvalue weighted by molar-refractivity contribution is 9.10. The average Bonchev–Trinajstić information content (AvgIpc) is 2.40. The normalized spacial score (nSPS) is 10.8. The van der Waals surface area contributed by atoms with Crippen molar-refractivity contribution in [1.29, 1.82) is 5.26 Å². The monoisotopic (exact) mass is 352 g/mol. The van der Waals surface area contributed by atoms with Gasteiger partial charge in [-0.1, -0.05) is 0 Å². The van der Waals surface area contributed by atoms with Gasteiger partial charge >= 0.3 is 0 Å². The van der Waals surface area contributed by atoms with Crippen molar-refractivity contribution in [3.63, 3.8) is 0 Å². The first-order valence-corrected chi connectivity index (χ1v) is 7.64. The van der Waals surface area contributed by atoms with Crippen molar-refractivity contribution in [1.82, 2.24) is 4.98 Å². The summed E-state index contributed by atoms with van der Waals surface area (Å²) in [5.74, 6) is 0. The number of nitrogens with zero attached hydrogens (tertiary/aromatic N) is 2. The summed E-state index contributed by atoms with van der Waals surface area (Å²) in [5, 5.41) is 8.73. The number of nitrogen functional groups attached to an aromatic ring is 1. The van der Waals surface area contributed by atoms with Crippen molar-refractivity contribution in [2.75, 3.05) is 10.5 Å². The lowest BCUT2D eigenvalue weighted by atomic mass is 10.2. The molecule has 8 heteroatoms. The zero-order valence-corrected chi connectivity index (χ0v) is 12.4. The van der Waals surface area contributed by atoms with Crippen LogP contribution in [0.15, 0.2) is 46.0 Å². The van der Waals surface area contributed by atoms with Crippen LogP contribution in [0, 0.1) is 11.3 Å². The maximum Gasteiger partial charge on any atom is 0.263 e. The van der Waals surface area contributed by atoms with E-state index in [1.165, 1.54) is 24.4 Å². The predicted octanol–water partition coefficient (Wildman–Crippen LogP) is 2.10. The molecule has 0 amide bonds. The van der Waals surface area contributed by atoms with Gasteiger partial charge in [0.25, 0.3) is 10.0 Å². The first kappa shape index (κ1) is 14.3. The summed E-state index contributed by atoms with van der Waals surface area (Å²) in [5.41, 5.74) is 6.30. The number of nitrogens with two attached hydrogens (primary N) is 1. The third-order valence-corrected chi connectivity index (χ3v) is 4.33. The van der Waals surface area contributed by atoms with Gasteiger partial charge in [0.2, 0.25) is 0 Å². The molecule has 20 heavy (non-hydrogen) atoms. The number of hydrogen-bond acceptors (Lipinski definition) is 5. The number of benzene rings is 1. The minimum absolute atomic E-state index is 0.0154. The zero-order valence-electron chi connectivity index (χ0n) is 10.0. The summed E-state index contributed by atoms with van der Waals surface area (Å²) < 4.78 is 27.3. The van der Waals surface area contributed by atoms with E-state index in [0.29, 0.717) is 15.9 Å². The highest BCUT2D eigenvalue weighted by Crippen LogP contribution is 2.22. The van der Waals surface area contributed by atoms with Crippen molar-refractivity contribution in [2.45, 2.75) is 4.90 Å². The first-order chi connectivity index (χ1) is 9.42. The molecule has 0 unspecified atom stereocenters. The molecule has 1 aromatic heterocycles. The fourth-order valence-corrected chi connectivity index (χ4v) is 2.90. The lowest BCUT2D eigenvalue weighted by Crippen LogP contribution is -2.15. The van der Waals surface area contributed by atoms with Crippen molar-refractivity contribution >= 4 is 37.3 Å². The Morgan fingerprint density at radius 3 is 2.60 bits per heavy atom. The van der Waals surface area contributed by atoms with Crippen LogP contribution in [0.5, 0.6) is 0 Å². The maximum atomic E-state index is 12.2. The van der Waals surface area contributed by atoms with Crippen LogP contribution in [0.4, 0.5) is 11.4 Å². The lowest BCUT2D eigenvalue weighted by molar-refractivity contribution is 0.601. The smallest absolute Gasteiger partial charge is 0.263 e. The summed E-state index contributed by atoms with van der Waals surface area (Å²) in [6.45, 7) is 0. The molecule has 1 heterocycles. The standard InChI is InChI=1S/C12H9BrN4O2S/c13-12-4-2-9(7-16-12)17-20(18,19)11-3-1-8(6-14)5-10(11)15/h1-5,7,17H,15H2. The number of aromatic nitrogens is 1. The third kappa shape index (κ3) is 3.07. The van der Waals surface area contributed by atoms with E-state index in [4.69, 9.17) is 11.0 Å². The molecule has 3 N–H and O–H groups in total. The van der Waals surface area contributed by atoms with Gasteiger partial charge in [-0.2, -0.15) is 5.26 Å². The van der Waals surface area contributed by atoms with Gasteiger partial charge in [0.1, 0.15) is 9.50 Å². The molecule has 0 bridgehead atoms. The number of nitriles is 1. The van der Waals surface area contributed by atoms with Crippen LogP contribution in [0.25, 0.3) is 0 Å². The van der Waals surface area contributed by atoms with Crippen LogP contribution in [0.1, 0.15) is 5.56 Å². The molecule has 0 saturated carbocycles. The van der Waals surface area contributed by atoms with Crippen LogP contribution in [-0.2, 0) is 10.0 Å². The Hall–Kier alpha value is -2.11. The molecule has 0 aliphatic rings. The molecule has 0 aliphatic heterocycles. The van der Waals surface area contributed by atoms with E-state index in [-0.39, 0.29) is 10.6 Å². The van der Waals surface area contributed by atoms with Crippen LogP contribution >= 0.6 is 15.9 Å². The molecule has 6 nitrogen and oxygen atoms in total. The van der Waals surface area contributed by atoms with Crippen molar-refractivity contribution < 1.29 is 8.42 Å². The Labute approximate surface area is 124 Å². The predicted molar refractivity (Wildman–Crippen MR) is 78.3 cm³/mol. The van der Waals surface area contributed by atoms with Crippen molar-refractivity contribution in [3.05, 3.63) is 46.7 Å². The van der Waals surface area contributed by atoms with E-state index in [9.17, 15) is 8.42 Å². The van der Waals surface area contributed by atoms with E-state index in [1.54, 1.807) is 12.1 Å². The second kappa shape index (κ2) is 5.48. The quantitative estimate of drug-likeness (QED) is 0.649. The summed E-state index contributed by atoms with van der Waals surface area (Å²) in [6, 6.07) is 9.07. The van der Waals surface area contributed by atoms with Gasteiger partial charge in [-0.25, -0.2) is 13.4 Å². The Balaban J connectivity index is 2.36. The molecule has 2 aromatic rings. The number of sulfonamides is 1. The van der Waals surface area contributed by atoms with E-state index in [0.717, 1.165) is 0 Å². The van der Waals surface area contributed by atoms with E-state index in [1.807, 2.05) is 6.07 Å². The van der Waals surface area contributed by atoms with Gasteiger partial charge in [0.15, 0.2) is 0 Å². The molecule has 0 fully saturated rings. The molecule has 0 radical (unpaired) electrons. The number of halogens is 1. The van der Waals surface area contributed by atoms with Gasteiger partial charge in [-0.15, -0.1) is 0 Å². The maximum absolute atomic E-state index is 12.2. The number of anilines is 2. The largest absolute Gasteiger partial charge is 0.398 e. The van der Waals surface area contributed by atoms with Crippen molar-refractivity contribution in [2.24, 2.45) is 0 Å². The second-order valence-electron chi connectivity index (χ2n) is 3.84. The van der Waals surface area contributed by atoms with Gasteiger partial charge in [0.05, 0.1) is 29.2 Å². The van der Waals surface area contributed by atoms with Crippen LogP contribution < -0.4 is 10.5 Å². The minimum atomic E-state index is -3.82. The molecule has 0 saturated heterocycles. The number of hydrogen-bond donors (Lipinski definition) is 2. The van der Waals surface area contributed by atoms with E-state index in [2.05, 4.69) is 25.6 Å². The fraction of sp³-hybridized carbons (Fsp3) is 0. The Morgan fingerprint density at radius 2 is 2.05 bits per heavy atom. The van der Waals surface area contributed by atoms with Crippen molar-refractivity contribution in [3.8, 4) is 6.07 Å². The summed E-state index contributed by atoms with van der Waals surface area (Å²) in [7, 11) is -3.82. The van der Waals surface area contributed by atoms with Crippen LogP contribution in [0.3, 0.4) is 0 Å². The molecule has 1 aromatic carbocycles. The first-order valence-electron chi connectivity index (χ1n) is 5.36. The number of pyridine rings is 1. The second-order valence-corrected chi connectivity index (χ2v) is 6.30. The van der Waals surface area contributed by atoms with Gasteiger partial charge in [-0.05, 0) is 46.3 Å². The average molecular weight is 353 g/mol. The van der Waals surface area contributed by atoms with E-state index >= 15 is 0 Å². The highest BCUT2D eigenvalue weighted by Gasteiger charge is 2.18. The van der Waals surface area contributed by atoms with E-state index < -0.39 is 10.0 Å².